The molecule has 0 aliphatic heterocycles. The molecule has 0 bridgehead atoms. The van der Waals surface area contributed by atoms with Crippen LogP contribution in [0.4, 0.5) is 0 Å². The summed E-state index contributed by atoms with van der Waals surface area (Å²) in [6.45, 7) is 6.52. The van der Waals surface area contributed by atoms with E-state index in [1.807, 2.05) is 7.05 Å². The second kappa shape index (κ2) is 11.5. The maximum atomic E-state index is 4.69. The Balaban J connectivity index is 0.00000300. The van der Waals surface area contributed by atoms with Crippen LogP contribution in [0, 0.1) is 0 Å². The number of benzene rings is 1. The zero-order chi connectivity index (χ0) is 19.8. The van der Waals surface area contributed by atoms with Crippen molar-refractivity contribution in [3.63, 3.8) is 0 Å². The summed E-state index contributed by atoms with van der Waals surface area (Å²) in [6.07, 6.45) is 6.46. The molecule has 1 aromatic heterocycles. The summed E-state index contributed by atoms with van der Waals surface area (Å²) in [7, 11) is 1.89. The molecular weight excluding hydrogens is 477 g/mol. The lowest BCUT2D eigenvalue weighted by molar-refractivity contribution is 0.297. The molecule has 3 rings (SSSR count). The van der Waals surface area contributed by atoms with Gasteiger partial charge >= 0.3 is 0 Å². The van der Waals surface area contributed by atoms with Gasteiger partial charge in [-0.05, 0) is 32.3 Å². The Kier molecular flexibility index (Phi) is 9.35. The summed E-state index contributed by atoms with van der Waals surface area (Å²) < 4.78 is 1.76. The van der Waals surface area contributed by atoms with E-state index in [0.29, 0.717) is 12.6 Å². The molecule has 1 aliphatic rings. The van der Waals surface area contributed by atoms with Crippen LogP contribution in [0.25, 0.3) is 0 Å². The van der Waals surface area contributed by atoms with Crippen LogP contribution in [0.2, 0.25) is 0 Å². The van der Waals surface area contributed by atoms with Crippen LogP contribution in [-0.2, 0) is 13.6 Å². The molecule has 1 fully saturated rings. The van der Waals surface area contributed by atoms with Gasteiger partial charge in [0.1, 0.15) is 18.7 Å². The van der Waals surface area contributed by atoms with Gasteiger partial charge in [0, 0.05) is 31.7 Å². The number of halogens is 1. The van der Waals surface area contributed by atoms with E-state index in [2.05, 4.69) is 75.2 Å². The molecule has 1 unspecified atom stereocenters. The maximum absolute atomic E-state index is 4.69. The smallest absolute Gasteiger partial charge is 0.191 e. The Hall–Kier alpha value is -1.68. The fourth-order valence-electron chi connectivity index (χ4n) is 3.92. The molecule has 7 nitrogen and oxygen atoms in total. The highest BCUT2D eigenvalue weighted by molar-refractivity contribution is 14.0. The molecule has 160 valence electrons. The lowest BCUT2D eigenvalue weighted by atomic mass is 9.94. The van der Waals surface area contributed by atoms with Gasteiger partial charge in [-0.2, -0.15) is 5.10 Å². The van der Waals surface area contributed by atoms with Gasteiger partial charge in [-0.25, -0.2) is 9.98 Å². The fraction of sp³-hybridized carbons (Fsp3) is 0.571. The van der Waals surface area contributed by atoms with Crippen LogP contribution in [0.1, 0.15) is 57.0 Å². The van der Waals surface area contributed by atoms with Crippen molar-refractivity contribution in [1.29, 1.82) is 0 Å². The topological polar surface area (TPSA) is 79.2 Å². The van der Waals surface area contributed by atoms with E-state index < -0.39 is 0 Å². The number of rotatable bonds is 8. The summed E-state index contributed by atoms with van der Waals surface area (Å²) in [5.41, 5.74) is 1.42. The lowest BCUT2D eigenvalue weighted by Gasteiger charge is -2.35. The molecule has 0 spiro atoms. The number of hydrogen-bond acceptors (Lipinski definition) is 4. The number of hydrogen-bond donors (Lipinski definition) is 3. The van der Waals surface area contributed by atoms with E-state index >= 15 is 0 Å². The van der Waals surface area contributed by atoms with E-state index in [1.54, 1.807) is 11.0 Å². The Bertz CT molecular complexity index is 753. The van der Waals surface area contributed by atoms with Gasteiger partial charge in [0.25, 0.3) is 0 Å². The van der Waals surface area contributed by atoms with E-state index in [1.165, 1.54) is 31.2 Å². The van der Waals surface area contributed by atoms with Crippen molar-refractivity contribution >= 4 is 29.9 Å². The first-order chi connectivity index (χ1) is 13.6. The highest BCUT2D eigenvalue weighted by atomic mass is 127. The highest BCUT2D eigenvalue weighted by Crippen LogP contribution is 2.31. The highest BCUT2D eigenvalue weighted by Gasteiger charge is 2.35. The molecule has 0 amide bonds. The quantitative estimate of drug-likeness (QED) is 0.288. The van der Waals surface area contributed by atoms with Gasteiger partial charge in [-0.3, -0.25) is 4.68 Å². The normalized spacial score (nSPS) is 16.9. The van der Waals surface area contributed by atoms with Crippen molar-refractivity contribution in [2.75, 3.05) is 13.1 Å². The minimum absolute atomic E-state index is 0. The Morgan fingerprint density at radius 1 is 1.21 bits per heavy atom. The predicted molar refractivity (Wildman–Crippen MR) is 128 cm³/mol. The zero-order valence-electron chi connectivity index (χ0n) is 17.7. The molecule has 29 heavy (non-hydrogen) atoms. The van der Waals surface area contributed by atoms with Crippen molar-refractivity contribution in [2.45, 2.75) is 57.7 Å². The van der Waals surface area contributed by atoms with Crippen LogP contribution in [0.5, 0.6) is 0 Å². The van der Waals surface area contributed by atoms with E-state index in [9.17, 15) is 0 Å². The average molecular weight is 511 g/mol. The summed E-state index contributed by atoms with van der Waals surface area (Å²) in [4.78, 5) is 8.94. The van der Waals surface area contributed by atoms with Gasteiger partial charge < -0.3 is 16.0 Å². The minimum atomic E-state index is 0. The standard InChI is InChI=1S/C21H33N7.HI/c1-4-22-20(23-14-19-25-16-26-28(19)3)24-15-21(12-8-9-13-21)27-17(2)18-10-6-5-7-11-18;/h5-7,10-11,16-17,27H,4,8-9,12-15H2,1-3H3,(H2,22,23,24);1H. The molecule has 1 heterocycles. The number of nitrogens with zero attached hydrogens (tertiary/aromatic N) is 4. The Labute approximate surface area is 191 Å². The third-order valence-electron chi connectivity index (χ3n) is 5.51. The summed E-state index contributed by atoms with van der Waals surface area (Å²) >= 11 is 0. The minimum Gasteiger partial charge on any atom is -0.357 e. The van der Waals surface area contributed by atoms with Crippen molar-refractivity contribution in [2.24, 2.45) is 12.0 Å². The van der Waals surface area contributed by atoms with Gasteiger partial charge in [0.05, 0.1) is 0 Å². The van der Waals surface area contributed by atoms with Gasteiger partial charge in [-0.15, -0.1) is 24.0 Å². The number of aromatic nitrogens is 3. The van der Waals surface area contributed by atoms with Crippen LogP contribution >= 0.6 is 24.0 Å². The number of nitrogens with one attached hydrogen (secondary N) is 3. The van der Waals surface area contributed by atoms with Crippen LogP contribution < -0.4 is 16.0 Å². The second-order valence-electron chi connectivity index (χ2n) is 7.61. The number of aliphatic imine (C=N–C) groups is 1. The van der Waals surface area contributed by atoms with E-state index in [4.69, 9.17) is 0 Å². The molecule has 8 heteroatoms. The Morgan fingerprint density at radius 2 is 1.93 bits per heavy atom. The maximum Gasteiger partial charge on any atom is 0.191 e. The lowest BCUT2D eigenvalue weighted by Crippen LogP contribution is -2.54. The van der Waals surface area contributed by atoms with Gasteiger partial charge in [0.2, 0.25) is 0 Å². The first kappa shape index (κ1) is 23.6. The van der Waals surface area contributed by atoms with Gasteiger partial charge in [-0.1, -0.05) is 43.2 Å². The molecule has 0 saturated heterocycles. The summed E-state index contributed by atoms with van der Waals surface area (Å²) in [6, 6.07) is 11.0. The molecule has 1 saturated carbocycles. The van der Waals surface area contributed by atoms with E-state index in [-0.39, 0.29) is 29.5 Å². The van der Waals surface area contributed by atoms with Crippen molar-refractivity contribution in [1.82, 2.24) is 30.7 Å². The van der Waals surface area contributed by atoms with Crippen molar-refractivity contribution in [3.8, 4) is 0 Å². The first-order valence-corrected chi connectivity index (χ1v) is 10.3. The third kappa shape index (κ3) is 6.67. The molecule has 2 aromatic rings. The van der Waals surface area contributed by atoms with Crippen molar-refractivity contribution in [3.05, 3.63) is 48.0 Å². The summed E-state index contributed by atoms with van der Waals surface area (Å²) in [5.74, 6) is 1.68. The molecule has 1 aromatic carbocycles. The molecule has 3 N–H and O–H groups in total. The fourth-order valence-corrected chi connectivity index (χ4v) is 3.92. The SMILES string of the molecule is CCNC(=NCc1ncnn1C)NCC1(NC(C)c2ccccc2)CCCC1.I. The first-order valence-electron chi connectivity index (χ1n) is 10.3. The third-order valence-corrected chi connectivity index (χ3v) is 5.51. The van der Waals surface area contributed by atoms with Crippen LogP contribution in [-0.4, -0.2) is 39.4 Å². The molecular formula is C21H34IN7. The van der Waals surface area contributed by atoms with Crippen LogP contribution in [0.15, 0.2) is 41.7 Å². The number of guanidine groups is 1. The number of aryl methyl sites for hydroxylation is 1. The predicted octanol–water partition coefficient (Wildman–Crippen LogP) is 3.15. The molecule has 1 atom stereocenters. The van der Waals surface area contributed by atoms with E-state index in [0.717, 1.165) is 24.9 Å². The Morgan fingerprint density at radius 3 is 2.55 bits per heavy atom. The average Bonchev–Trinajstić information content (AvgIpc) is 3.34. The molecule has 1 aliphatic carbocycles. The monoisotopic (exact) mass is 511 g/mol. The zero-order valence-corrected chi connectivity index (χ0v) is 20.0. The second-order valence-corrected chi connectivity index (χ2v) is 7.61. The van der Waals surface area contributed by atoms with Crippen LogP contribution in [0.3, 0.4) is 0 Å². The summed E-state index contributed by atoms with van der Waals surface area (Å²) in [5, 5.41) is 14.9. The van der Waals surface area contributed by atoms with Crippen molar-refractivity contribution < 1.29 is 0 Å². The van der Waals surface area contributed by atoms with Gasteiger partial charge in [0.15, 0.2) is 5.96 Å². The largest absolute Gasteiger partial charge is 0.357 e. The molecule has 0 radical (unpaired) electrons.